The molecule has 1 saturated heterocycles. The van der Waals surface area contributed by atoms with Crippen molar-refractivity contribution in [1.29, 1.82) is 0 Å². The minimum Gasteiger partial charge on any atom is -0.467 e. The number of rotatable bonds is 5. The number of nitrogens with one attached hydrogen (secondary N) is 2. The van der Waals surface area contributed by atoms with E-state index in [2.05, 4.69) is 20.6 Å². The molecule has 8 heteroatoms. The number of furan rings is 1. The summed E-state index contributed by atoms with van der Waals surface area (Å²) in [4.78, 5) is 23.2. The van der Waals surface area contributed by atoms with Crippen LogP contribution in [0, 0.1) is 0 Å². The zero-order valence-corrected chi connectivity index (χ0v) is 13.7. The van der Waals surface area contributed by atoms with Gasteiger partial charge in [0.15, 0.2) is 5.16 Å². The number of thioether (sulfide) groups is 1. The summed E-state index contributed by atoms with van der Waals surface area (Å²) in [6, 6.07) is 3.71. The van der Waals surface area contributed by atoms with E-state index in [4.69, 9.17) is 4.42 Å². The van der Waals surface area contributed by atoms with E-state index in [9.17, 15) is 4.79 Å². The predicted octanol–water partition coefficient (Wildman–Crippen LogP) is 1.45. The van der Waals surface area contributed by atoms with Crippen molar-refractivity contribution in [3.05, 3.63) is 35.9 Å². The van der Waals surface area contributed by atoms with Crippen LogP contribution in [0.3, 0.4) is 0 Å². The molecule has 2 N–H and O–H groups in total. The van der Waals surface area contributed by atoms with Crippen LogP contribution in [0.2, 0.25) is 0 Å². The van der Waals surface area contributed by atoms with Gasteiger partial charge in [-0.05, 0) is 18.4 Å². The number of anilines is 1. The lowest BCUT2D eigenvalue weighted by Crippen LogP contribution is -2.46. The van der Waals surface area contributed by atoms with Gasteiger partial charge in [0.05, 0.1) is 12.8 Å². The smallest absolute Gasteiger partial charge is 0.259 e. The van der Waals surface area contributed by atoms with E-state index in [0.717, 1.165) is 18.8 Å². The van der Waals surface area contributed by atoms with Gasteiger partial charge in [-0.1, -0.05) is 11.8 Å². The Morgan fingerprint density at radius 2 is 2.30 bits per heavy atom. The third kappa shape index (κ3) is 3.83. The van der Waals surface area contributed by atoms with Crippen LogP contribution < -0.4 is 10.6 Å². The van der Waals surface area contributed by atoms with Crippen molar-refractivity contribution in [3.63, 3.8) is 0 Å². The number of hydrogen-bond acceptors (Lipinski definition) is 7. The molecule has 0 radical (unpaired) electrons. The summed E-state index contributed by atoms with van der Waals surface area (Å²) in [5.41, 5.74) is 0.497. The Hall–Kier alpha value is -2.06. The molecule has 0 spiro atoms. The monoisotopic (exact) mass is 333 g/mol. The van der Waals surface area contributed by atoms with Crippen LogP contribution in [0.4, 0.5) is 5.82 Å². The maximum atomic E-state index is 12.7. The van der Waals surface area contributed by atoms with Gasteiger partial charge in [-0.15, -0.1) is 0 Å². The Morgan fingerprint density at radius 3 is 3.00 bits per heavy atom. The third-order valence-corrected chi connectivity index (χ3v) is 4.16. The molecule has 3 rings (SSSR count). The van der Waals surface area contributed by atoms with Crippen molar-refractivity contribution in [2.24, 2.45) is 0 Å². The Kier molecular flexibility index (Phi) is 5.14. The largest absolute Gasteiger partial charge is 0.467 e. The predicted molar refractivity (Wildman–Crippen MR) is 88.6 cm³/mol. The fraction of sp³-hybridized carbons (Fsp3) is 0.400. The Morgan fingerprint density at radius 1 is 1.48 bits per heavy atom. The SMILES string of the molecule is CSc1ncc(C(=O)N2CCNCC2)c(NCc2ccco2)n1. The molecule has 0 saturated carbocycles. The number of amides is 1. The van der Waals surface area contributed by atoms with Crippen molar-refractivity contribution in [3.8, 4) is 0 Å². The maximum absolute atomic E-state index is 12.7. The number of carbonyl (C=O) groups is 1. The summed E-state index contributed by atoms with van der Waals surface area (Å²) in [6.07, 6.45) is 5.13. The molecule has 23 heavy (non-hydrogen) atoms. The fourth-order valence-electron chi connectivity index (χ4n) is 2.38. The molecule has 1 aliphatic rings. The summed E-state index contributed by atoms with van der Waals surface area (Å²) >= 11 is 1.44. The topological polar surface area (TPSA) is 83.3 Å². The number of piperazine rings is 1. The summed E-state index contributed by atoms with van der Waals surface area (Å²) in [7, 11) is 0. The molecule has 1 amide bonds. The first-order chi connectivity index (χ1) is 11.3. The van der Waals surface area contributed by atoms with E-state index in [1.54, 1.807) is 12.5 Å². The normalized spacial score (nSPS) is 14.7. The summed E-state index contributed by atoms with van der Waals surface area (Å²) in [6.45, 7) is 3.48. The molecule has 7 nitrogen and oxygen atoms in total. The third-order valence-electron chi connectivity index (χ3n) is 3.59. The summed E-state index contributed by atoms with van der Waals surface area (Å²) < 4.78 is 5.31. The number of aromatic nitrogens is 2. The lowest BCUT2D eigenvalue weighted by molar-refractivity contribution is 0.0735. The molecule has 2 aromatic heterocycles. The highest BCUT2D eigenvalue weighted by Gasteiger charge is 2.22. The lowest BCUT2D eigenvalue weighted by atomic mass is 10.2. The molecule has 1 aliphatic heterocycles. The number of nitrogens with zero attached hydrogens (tertiary/aromatic N) is 3. The number of hydrogen-bond donors (Lipinski definition) is 2. The first-order valence-corrected chi connectivity index (χ1v) is 8.67. The minimum absolute atomic E-state index is 0.0407. The van der Waals surface area contributed by atoms with E-state index in [0.29, 0.717) is 36.2 Å². The Labute approximate surface area is 138 Å². The van der Waals surface area contributed by atoms with Gasteiger partial charge in [-0.2, -0.15) is 0 Å². The average molecular weight is 333 g/mol. The van der Waals surface area contributed by atoms with Gasteiger partial charge in [-0.3, -0.25) is 4.79 Å². The molecule has 3 heterocycles. The van der Waals surface area contributed by atoms with Gasteiger partial charge < -0.3 is 20.0 Å². The van der Waals surface area contributed by atoms with Crippen molar-refractivity contribution in [2.45, 2.75) is 11.7 Å². The summed E-state index contributed by atoms with van der Waals surface area (Å²) in [5.74, 6) is 1.29. The second-order valence-electron chi connectivity index (χ2n) is 5.09. The van der Waals surface area contributed by atoms with E-state index in [-0.39, 0.29) is 5.91 Å². The van der Waals surface area contributed by atoms with E-state index in [1.165, 1.54) is 11.8 Å². The second-order valence-corrected chi connectivity index (χ2v) is 5.87. The van der Waals surface area contributed by atoms with Crippen LogP contribution in [0.1, 0.15) is 16.1 Å². The van der Waals surface area contributed by atoms with Crippen LogP contribution in [0.25, 0.3) is 0 Å². The van der Waals surface area contributed by atoms with Crippen molar-refractivity contribution in [2.75, 3.05) is 37.8 Å². The van der Waals surface area contributed by atoms with Crippen molar-refractivity contribution in [1.82, 2.24) is 20.2 Å². The number of carbonyl (C=O) groups excluding carboxylic acids is 1. The highest BCUT2D eigenvalue weighted by atomic mass is 32.2. The highest BCUT2D eigenvalue weighted by molar-refractivity contribution is 7.98. The molecule has 1 fully saturated rings. The molecule has 0 bridgehead atoms. The van der Waals surface area contributed by atoms with Crippen LogP contribution in [0.5, 0.6) is 0 Å². The van der Waals surface area contributed by atoms with Gasteiger partial charge >= 0.3 is 0 Å². The van der Waals surface area contributed by atoms with Gasteiger partial charge in [0.1, 0.15) is 17.1 Å². The maximum Gasteiger partial charge on any atom is 0.259 e. The first-order valence-electron chi connectivity index (χ1n) is 7.45. The van der Waals surface area contributed by atoms with Crippen LogP contribution in [-0.2, 0) is 6.54 Å². The molecule has 0 aliphatic carbocycles. The average Bonchev–Trinajstić information content (AvgIpc) is 3.13. The van der Waals surface area contributed by atoms with E-state index in [1.807, 2.05) is 23.3 Å². The molecule has 0 atom stereocenters. The highest BCUT2D eigenvalue weighted by Crippen LogP contribution is 2.19. The molecule has 0 aromatic carbocycles. The molecular weight excluding hydrogens is 314 g/mol. The van der Waals surface area contributed by atoms with Crippen LogP contribution in [-0.4, -0.2) is 53.2 Å². The zero-order valence-electron chi connectivity index (χ0n) is 12.9. The standard InChI is InChI=1S/C15H19N5O2S/c1-23-15-18-10-12(14(21)20-6-4-16-5-7-20)13(19-15)17-9-11-3-2-8-22-11/h2-3,8,10,16H,4-7,9H2,1H3,(H,17,18,19). The van der Waals surface area contributed by atoms with Gasteiger partial charge in [0.25, 0.3) is 5.91 Å². The second kappa shape index (κ2) is 7.47. The van der Waals surface area contributed by atoms with Crippen LogP contribution >= 0.6 is 11.8 Å². The van der Waals surface area contributed by atoms with E-state index < -0.39 is 0 Å². The quantitative estimate of drug-likeness (QED) is 0.633. The Bertz CT molecular complexity index is 656. The van der Waals surface area contributed by atoms with Crippen LogP contribution in [0.15, 0.2) is 34.2 Å². The van der Waals surface area contributed by atoms with Gasteiger partial charge in [-0.25, -0.2) is 9.97 Å². The fourth-order valence-corrected chi connectivity index (χ4v) is 2.72. The zero-order chi connectivity index (χ0) is 16.1. The van der Waals surface area contributed by atoms with Gasteiger partial charge in [0.2, 0.25) is 0 Å². The lowest BCUT2D eigenvalue weighted by Gasteiger charge is -2.27. The Balaban J connectivity index is 1.81. The minimum atomic E-state index is -0.0407. The molecule has 122 valence electrons. The van der Waals surface area contributed by atoms with Crippen molar-refractivity contribution >= 4 is 23.5 Å². The van der Waals surface area contributed by atoms with Gasteiger partial charge in [0, 0.05) is 32.4 Å². The van der Waals surface area contributed by atoms with E-state index >= 15 is 0 Å². The molecule has 2 aromatic rings. The molecular formula is C15H19N5O2S. The summed E-state index contributed by atoms with van der Waals surface area (Å²) in [5, 5.41) is 7.06. The molecule has 0 unspecified atom stereocenters. The van der Waals surface area contributed by atoms with Crippen molar-refractivity contribution < 1.29 is 9.21 Å². The first kappa shape index (κ1) is 15.8.